The average Bonchev–Trinajstić information content (AvgIpc) is 3.09. The fraction of sp³-hybridized carbons (Fsp3) is 0.333. The molecule has 24 heavy (non-hydrogen) atoms. The van der Waals surface area contributed by atoms with Gasteiger partial charge in [-0.3, -0.25) is 4.79 Å². The Balaban J connectivity index is 1.92. The van der Waals surface area contributed by atoms with E-state index in [-0.39, 0.29) is 18.9 Å². The van der Waals surface area contributed by atoms with Crippen LogP contribution >= 0.6 is 0 Å². The third kappa shape index (κ3) is 2.58. The van der Waals surface area contributed by atoms with E-state index in [2.05, 4.69) is 0 Å². The molecule has 1 atom stereocenters. The molecule has 1 aromatic carbocycles. The lowest BCUT2D eigenvalue weighted by molar-refractivity contribution is -0.149. The molecule has 3 rings (SSSR count). The lowest BCUT2D eigenvalue weighted by atomic mass is 10.1. The summed E-state index contributed by atoms with van der Waals surface area (Å²) in [6.07, 6.45) is -0.175. The Bertz CT molecular complexity index is 800. The molecule has 0 bridgehead atoms. The van der Waals surface area contributed by atoms with E-state index >= 15 is 0 Å². The van der Waals surface area contributed by atoms with Gasteiger partial charge in [-0.2, -0.15) is 0 Å². The Labute approximate surface area is 139 Å². The van der Waals surface area contributed by atoms with Crippen LogP contribution in [0.1, 0.15) is 28.2 Å². The molecule has 1 aliphatic heterocycles. The number of hydrogen-bond acceptors (Lipinski definition) is 2. The highest BCUT2D eigenvalue weighted by molar-refractivity contribution is 5.97. The van der Waals surface area contributed by atoms with Gasteiger partial charge < -0.3 is 14.6 Å². The normalized spacial score (nSPS) is 20.4. The molecule has 126 valence electrons. The van der Waals surface area contributed by atoms with Crippen LogP contribution in [0.25, 0.3) is 5.69 Å². The number of aliphatic carboxylic acids is 1. The molecule has 1 N–H and O–H groups in total. The van der Waals surface area contributed by atoms with Crippen molar-refractivity contribution < 1.29 is 19.1 Å². The zero-order valence-electron chi connectivity index (χ0n) is 13.6. The third-order valence-corrected chi connectivity index (χ3v) is 4.57. The highest BCUT2D eigenvalue weighted by Gasteiger charge is 2.47. The molecule has 1 saturated heterocycles. The van der Waals surface area contributed by atoms with Gasteiger partial charge in [0.2, 0.25) is 5.67 Å². The van der Waals surface area contributed by atoms with Crippen LogP contribution in [0.15, 0.2) is 36.4 Å². The van der Waals surface area contributed by atoms with Crippen LogP contribution < -0.4 is 0 Å². The van der Waals surface area contributed by atoms with Crippen molar-refractivity contribution in [2.75, 3.05) is 13.1 Å². The predicted molar refractivity (Wildman–Crippen MR) is 87.2 cm³/mol. The molecule has 5 nitrogen and oxygen atoms in total. The van der Waals surface area contributed by atoms with E-state index in [1.165, 1.54) is 4.90 Å². The number of likely N-dealkylation sites (tertiary alicyclic amines) is 1. The maximum absolute atomic E-state index is 14.2. The molecular formula is C18H19FN2O3. The van der Waals surface area contributed by atoms with E-state index < -0.39 is 18.2 Å². The number of halogens is 1. The van der Waals surface area contributed by atoms with E-state index in [1.54, 1.807) is 6.07 Å². The van der Waals surface area contributed by atoms with Gasteiger partial charge in [-0.15, -0.1) is 0 Å². The molecule has 0 spiro atoms. The van der Waals surface area contributed by atoms with Crippen molar-refractivity contribution in [1.29, 1.82) is 0 Å². The average molecular weight is 330 g/mol. The molecule has 0 saturated carbocycles. The van der Waals surface area contributed by atoms with Crippen LogP contribution in [0.2, 0.25) is 0 Å². The molecule has 0 radical (unpaired) electrons. The number of amides is 1. The molecule has 1 fully saturated rings. The van der Waals surface area contributed by atoms with Crippen LogP contribution in [0, 0.1) is 13.8 Å². The SMILES string of the molecule is Cc1cc(C(=O)N2CCC(F)(C(=O)O)C2)c(C)n1-c1ccccc1. The van der Waals surface area contributed by atoms with Crippen LogP contribution in [-0.4, -0.2) is 45.2 Å². The van der Waals surface area contributed by atoms with Crippen molar-refractivity contribution in [2.24, 2.45) is 0 Å². The largest absolute Gasteiger partial charge is 0.479 e. The Morgan fingerprint density at radius 3 is 2.46 bits per heavy atom. The quantitative estimate of drug-likeness (QED) is 0.941. The first-order valence-electron chi connectivity index (χ1n) is 7.79. The zero-order valence-corrected chi connectivity index (χ0v) is 13.6. The summed E-state index contributed by atoms with van der Waals surface area (Å²) in [5.74, 6) is -1.83. The van der Waals surface area contributed by atoms with Crippen LogP contribution in [-0.2, 0) is 4.79 Å². The summed E-state index contributed by atoms with van der Waals surface area (Å²) in [6.45, 7) is 3.44. The second-order valence-electron chi connectivity index (χ2n) is 6.20. The van der Waals surface area contributed by atoms with E-state index in [4.69, 9.17) is 5.11 Å². The van der Waals surface area contributed by atoms with E-state index in [0.29, 0.717) is 5.56 Å². The van der Waals surface area contributed by atoms with Gasteiger partial charge in [-0.1, -0.05) is 18.2 Å². The molecular weight excluding hydrogens is 311 g/mol. The number of carboxylic acid groups (broad SMARTS) is 1. The van der Waals surface area contributed by atoms with Crippen LogP contribution in [0.4, 0.5) is 4.39 Å². The lowest BCUT2D eigenvalue weighted by Gasteiger charge is -2.18. The Morgan fingerprint density at radius 2 is 1.88 bits per heavy atom. The van der Waals surface area contributed by atoms with E-state index in [9.17, 15) is 14.0 Å². The van der Waals surface area contributed by atoms with Gasteiger partial charge in [-0.25, -0.2) is 9.18 Å². The molecule has 2 heterocycles. The van der Waals surface area contributed by atoms with Gasteiger partial charge >= 0.3 is 5.97 Å². The number of nitrogens with zero attached hydrogens (tertiary/aromatic N) is 2. The van der Waals surface area contributed by atoms with Gasteiger partial charge in [-0.05, 0) is 32.0 Å². The second-order valence-corrected chi connectivity index (χ2v) is 6.20. The molecule has 2 aromatic rings. The standard InChI is InChI=1S/C18H19FN2O3/c1-12-10-15(13(2)21(12)14-6-4-3-5-7-14)16(22)20-9-8-18(19,11-20)17(23)24/h3-7,10H,8-9,11H2,1-2H3,(H,23,24). The highest BCUT2D eigenvalue weighted by atomic mass is 19.1. The van der Waals surface area contributed by atoms with Gasteiger partial charge in [0.05, 0.1) is 12.1 Å². The number of carbonyl (C=O) groups is 2. The number of benzene rings is 1. The number of aromatic nitrogens is 1. The van der Waals surface area contributed by atoms with Crippen LogP contribution in [0.5, 0.6) is 0 Å². The Morgan fingerprint density at radius 1 is 1.21 bits per heavy atom. The topological polar surface area (TPSA) is 62.5 Å². The Kier molecular flexibility index (Phi) is 3.91. The van der Waals surface area contributed by atoms with E-state index in [0.717, 1.165) is 17.1 Å². The smallest absolute Gasteiger partial charge is 0.343 e. The summed E-state index contributed by atoms with van der Waals surface area (Å²) >= 11 is 0. The maximum Gasteiger partial charge on any atom is 0.343 e. The minimum absolute atomic E-state index is 0.108. The van der Waals surface area contributed by atoms with Gasteiger partial charge in [0, 0.05) is 30.0 Å². The van der Waals surface area contributed by atoms with Crippen molar-refractivity contribution in [1.82, 2.24) is 9.47 Å². The minimum atomic E-state index is -2.35. The van der Waals surface area contributed by atoms with Crippen LogP contribution in [0.3, 0.4) is 0 Å². The maximum atomic E-state index is 14.2. The number of carbonyl (C=O) groups excluding carboxylic acids is 1. The summed E-state index contributed by atoms with van der Waals surface area (Å²) < 4.78 is 16.2. The third-order valence-electron chi connectivity index (χ3n) is 4.57. The monoisotopic (exact) mass is 330 g/mol. The molecule has 6 heteroatoms. The fourth-order valence-corrected chi connectivity index (χ4v) is 3.24. The van der Waals surface area contributed by atoms with Gasteiger partial charge in [0.25, 0.3) is 5.91 Å². The molecule has 1 aromatic heterocycles. The number of alkyl halides is 1. The first-order valence-corrected chi connectivity index (χ1v) is 7.79. The van der Waals surface area contributed by atoms with Crippen molar-refractivity contribution >= 4 is 11.9 Å². The molecule has 1 unspecified atom stereocenters. The molecule has 0 aliphatic carbocycles. The first-order chi connectivity index (χ1) is 11.3. The highest BCUT2D eigenvalue weighted by Crippen LogP contribution is 2.29. The number of aryl methyl sites for hydroxylation is 1. The zero-order chi connectivity index (χ0) is 17.5. The van der Waals surface area contributed by atoms with Crippen molar-refractivity contribution in [2.45, 2.75) is 25.9 Å². The summed E-state index contributed by atoms with van der Waals surface area (Å²) in [4.78, 5) is 25.0. The molecule has 1 amide bonds. The van der Waals surface area contributed by atoms with Crippen molar-refractivity contribution in [3.63, 3.8) is 0 Å². The van der Waals surface area contributed by atoms with E-state index in [1.807, 2.05) is 48.7 Å². The number of rotatable bonds is 3. The predicted octanol–water partition coefficient (Wildman–Crippen LogP) is 2.73. The lowest BCUT2D eigenvalue weighted by Crippen LogP contribution is -2.39. The summed E-state index contributed by atoms with van der Waals surface area (Å²) in [5.41, 5.74) is 0.728. The summed E-state index contributed by atoms with van der Waals surface area (Å²) in [5, 5.41) is 8.98. The molecule has 1 aliphatic rings. The number of carboxylic acids is 1. The Hall–Kier alpha value is -2.63. The second kappa shape index (κ2) is 5.78. The first kappa shape index (κ1) is 16.2. The van der Waals surface area contributed by atoms with Gasteiger partial charge in [0.15, 0.2) is 0 Å². The number of hydrogen-bond donors (Lipinski definition) is 1. The fourth-order valence-electron chi connectivity index (χ4n) is 3.24. The van der Waals surface area contributed by atoms with Crippen molar-refractivity contribution in [3.8, 4) is 5.69 Å². The minimum Gasteiger partial charge on any atom is -0.479 e. The van der Waals surface area contributed by atoms with Crippen molar-refractivity contribution in [3.05, 3.63) is 53.3 Å². The van der Waals surface area contributed by atoms with Gasteiger partial charge in [0.1, 0.15) is 0 Å². The summed E-state index contributed by atoms with van der Waals surface area (Å²) in [7, 11) is 0. The number of para-hydroxylation sites is 1. The summed E-state index contributed by atoms with van der Waals surface area (Å²) in [6, 6.07) is 11.4.